The molecule has 2 aliphatic carbocycles. The average molecular weight is 999 g/mol. The van der Waals surface area contributed by atoms with E-state index in [1.165, 1.54) is 33.4 Å². The van der Waals surface area contributed by atoms with E-state index in [9.17, 15) is 20.4 Å². The van der Waals surface area contributed by atoms with Gasteiger partial charge in [0.15, 0.2) is 0 Å². The molecule has 0 atom stereocenters. The molecule has 9 aromatic carbocycles. The number of rotatable bonds is 12. The Bertz CT molecular complexity index is 3060. The summed E-state index contributed by atoms with van der Waals surface area (Å²) in [7, 11) is 0. The number of phenols is 4. The highest BCUT2D eigenvalue weighted by atomic mass is 16.3. The summed E-state index contributed by atoms with van der Waals surface area (Å²) < 4.78 is 0. The summed E-state index contributed by atoms with van der Waals surface area (Å²) in [5.41, 5.74) is 13.9. The molecular formula is C72H70O4. The Kier molecular flexibility index (Phi) is 13.5. The molecule has 0 bridgehead atoms. The Labute approximate surface area is 450 Å². The Hall–Kier alpha value is -7.82. The Morgan fingerprint density at radius 1 is 0.303 bits per heavy atom. The van der Waals surface area contributed by atoms with E-state index in [0.717, 1.165) is 95.9 Å². The molecule has 0 saturated heterocycles. The lowest BCUT2D eigenvalue weighted by Gasteiger charge is -2.47. The molecule has 0 spiro atoms. The third-order valence-corrected chi connectivity index (χ3v) is 18.6. The van der Waals surface area contributed by atoms with Crippen LogP contribution in [0.1, 0.15) is 112 Å². The molecule has 0 aliphatic heterocycles. The third-order valence-electron chi connectivity index (χ3n) is 18.6. The van der Waals surface area contributed by atoms with E-state index in [0.29, 0.717) is 11.8 Å². The number of benzene rings is 9. The molecule has 0 unspecified atom stereocenters. The summed E-state index contributed by atoms with van der Waals surface area (Å²) in [5, 5.41) is 45.1. The first-order valence-electron chi connectivity index (χ1n) is 27.4. The minimum absolute atomic E-state index is 0.112. The van der Waals surface area contributed by atoms with Gasteiger partial charge < -0.3 is 20.4 Å². The van der Waals surface area contributed by atoms with E-state index in [2.05, 4.69) is 149 Å². The van der Waals surface area contributed by atoms with Gasteiger partial charge in [-0.3, -0.25) is 0 Å². The van der Waals surface area contributed by atoms with Crippen molar-refractivity contribution >= 4 is 0 Å². The predicted octanol–water partition coefficient (Wildman–Crippen LogP) is 18.1. The summed E-state index contributed by atoms with van der Waals surface area (Å²) >= 11 is 0. The van der Waals surface area contributed by atoms with Crippen LogP contribution in [0, 0.1) is 11.8 Å². The van der Waals surface area contributed by atoms with Gasteiger partial charge in [-0.2, -0.15) is 0 Å². The smallest absolute Gasteiger partial charge is 0.123 e. The van der Waals surface area contributed by atoms with Crippen LogP contribution in [0.2, 0.25) is 0 Å². The molecule has 382 valence electrons. The topological polar surface area (TPSA) is 80.9 Å². The quantitative estimate of drug-likeness (QED) is 0.0983. The van der Waals surface area contributed by atoms with Crippen LogP contribution in [-0.4, -0.2) is 20.4 Å². The average Bonchev–Trinajstić information content (AvgIpc) is 3.50. The Morgan fingerprint density at radius 2 is 0.553 bits per heavy atom. The van der Waals surface area contributed by atoms with Gasteiger partial charge >= 0.3 is 0 Å². The van der Waals surface area contributed by atoms with Crippen LogP contribution < -0.4 is 0 Å². The summed E-state index contributed by atoms with van der Waals surface area (Å²) in [5.74, 6) is 1.93. The van der Waals surface area contributed by atoms with Crippen LogP contribution in [0.4, 0.5) is 0 Å². The molecule has 2 fully saturated rings. The first-order valence-corrected chi connectivity index (χ1v) is 27.4. The first-order chi connectivity index (χ1) is 36.8. The number of aromatic hydroxyl groups is 4. The minimum atomic E-state index is -0.340. The maximum atomic E-state index is 11.3. The lowest BCUT2D eigenvalue weighted by molar-refractivity contribution is 0.184. The summed E-state index contributed by atoms with van der Waals surface area (Å²) in [4.78, 5) is 0. The zero-order valence-corrected chi connectivity index (χ0v) is 44.4. The van der Waals surface area contributed by atoms with Crippen molar-refractivity contribution in [1.82, 2.24) is 0 Å². The van der Waals surface area contributed by atoms with E-state index in [1.807, 2.05) is 97.1 Å². The molecule has 76 heavy (non-hydrogen) atoms. The Balaban J connectivity index is 0.889. The number of phenolic OH excluding ortho intramolecular Hbond substituents is 4. The molecule has 0 radical (unpaired) electrons. The van der Waals surface area contributed by atoms with E-state index < -0.39 is 0 Å². The third kappa shape index (κ3) is 9.27. The van der Waals surface area contributed by atoms with Gasteiger partial charge in [-0.15, -0.1) is 0 Å². The van der Waals surface area contributed by atoms with Crippen molar-refractivity contribution < 1.29 is 20.4 Å². The number of hydrogen-bond donors (Lipinski definition) is 4. The molecule has 2 aliphatic rings. The van der Waals surface area contributed by atoms with Gasteiger partial charge in [0.1, 0.15) is 23.0 Å². The zero-order valence-electron chi connectivity index (χ0n) is 44.4. The van der Waals surface area contributed by atoms with E-state index >= 15 is 0 Å². The SMILES string of the molecule is CC(C)(c1cccc(C(C)(C)C2CCC(c3ccc(O)c(-c4ccccc4)c3)(c3ccc(O)c(-c4ccccc4)c3)CC2)c1)C1CCC(c2ccc(O)c(-c3ccccc3)c2)(c2ccc(O)c(-c3ccccc3)c2)CC1. The molecule has 0 amide bonds. The predicted molar refractivity (Wildman–Crippen MR) is 312 cm³/mol. The lowest BCUT2D eigenvalue weighted by atomic mass is 9.56. The second-order valence-electron chi connectivity index (χ2n) is 23.1. The first kappa shape index (κ1) is 50.3. The second kappa shape index (κ2) is 20.4. The fraction of sp³-hybridized carbons (Fsp3) is 0.250. The normalized spacial score (nSPS) is 16.1. The van der Waals surface area contributed by atoms with Crippen molar-refractivity contribution in [3.8, 4) is 67.5 Å². The van der Waals surface area contributed by atoms with Crippen LogP contribution >= 0.6 is 0 Å². The molecular weight excluding hydrogens is 929 g/mol. The van der Waals surface area contributed by atoms with E-state index in [1.54, 1.807) is 0 Å². The highest BCUT2D eigenvalue weighted by molar-refractivity contribution is 5.76. The largest absolute Gasteiger partial charge is 0.507 e. The Morgan fingerprint density at radius 3 is 0.803 bits per heavy atom. The molecule has 0 aromatic heterocycles. The molecule has 11 rings (SSSR count). The van der Waals surface area contributed by atoms with E-state index in [4.69, 9.17) is 0 Å². The highest BCUT2D eigenvalue weighted by Gasteiger charge is 2.46. The monoisotopic (exact) mass is 999 g/mol. The standard InChI is InChI=1S/C72H70O4/c1-69(2,53-36-40-71(41-37-53,57-28-32-65(73)61(45-57)49-18-9-5-10-19-49)58-29-33-66(74)62(46-58)50-20-11-6-12-21-50)55-26-17-27-56(44-55)70(3,4)54-38-42-72(43-39-54,59-30-34-67(75)63(47-59)51-22-13-7-14-23-51)60-31-35-68(76)64(48-60)52-24-15-8-16-25-52/h5-35,44-48,53-54,73-76H,36-43H2,1-4H3. The van der Waals surface area contributed by atoms with Gasteiger partial charge in [-0.05, 0) is 178 Å². The lowest BCUT2D eigenvalue weighted by Crippen LogP contribution is -2.40. The summed E-state index contributed by atoms with van der Waals surface area (Å²) in [6.07, 6.45) is 7.76. The molecule has 0 heterocycles. The van der Waals surface area contributed by atoms with Crippen LogP contribution in [0.3, 0.4) is 0 Å². The van der Waals surface area contributed by atoms with Crippen molar-refractivity contribution in [3.05, 3.63) is 252 Å². The van der Waals surface area contributed by atoms with Crippen LogP contribution in [0.25, 0.3) is 44.5 Å². The van der Waals surface area contributed by atoms with Crippen LogP contribution in [0.15, 0.2) is 218 Å². The van der Waals surface area contributed by atoms with Gasteiger partial charge in [0, 0.05) is 33.1 Å². The molecule has 4 nitrogen and oxygen atoms in total. The van der Waals surface area contributed by atoms with Gasteiger partial charge in [0.05, 0.1) is 0 Å². The molecule has 4 N–H and O–H groups in total. The van der Waals surface area contributed by atoms with Crippen molar-refractivity contribution in [2.75, 3.05) is 0 Å². The van der Waals surface area contributed by atoms with Gasteiger partial charge in [-0.1, -0.05) is 198 Å². The maximum Gasteiger partial charge on any atom is 0.123 e. The van der Waals surface area contributed by atoms with Crippen molar-refractivity contribution in [2.24, 2.45) is 11.8 Å². The van der Waals surface area contributed by atoms with Crippen LogP contribution in [-0.2, 0) is 21.7 Å². The maximum absolute atomic E-state index is 11.3. The van der Waals surface area contributed by atoms with Gasteiger partial charge in [0.25, 0.3) is 0 Å². The number of hydrogen-bond acceptors (Lipinski definition) is 4. The summed E-state index contributed by atoms with van der Waals surface area (Å²) in [6, 6.07) is 75.1. The second-order valence-corrected chi connectivity index (χ2v) is 23.1. The van der Waals surface area contributed by atoms with Crippen molar-refractivity contribution in [2.45, 2.75) is 101 Å². The van der Waals surface area contributed by atoms with E-state index in [-0.39, 0.29) is 44.7 Å². The van der Waals surface area contributed by atoms with Crippen LogP contribution in [0.5, 0.6) is 23.0 Å². The minimum Gasteiger partial charge on any atom is -0.507 e. The van der Waals surface area contributed by atoms with Gasteiger partial charge in [-0.25, -0.2) is 0 Å². The molecule has 4 heteroatoms. The summed E-state index contributed by atoms with van der Waals surface area (Å²) in [6.45, 7) is 9.82. The molecule has 9 aromatic rings. The van der Waals surface area contributed by atoms with Crippen molar-refractivity contribution in [1.29, 1.82) is 0 Å². The van der Waals surface area contributed by atoms with Gasteiger partial charge in [0.2, 0.25) is 0 Å². The fourth-order valence-corrected chi connectivity index (χ4v) is 13.7. The van der Waals surface area contributed by atoms with Crippen molar-refractivity contribution in [3.63, 3.8) is 0 Å². The fourth-order valence-electron chi connectivity index (χ4n) is 13.7. The molecule has 2 saturated carbocycles. The highest BCUT2D eigenvalue weighted by Crippen LogP contribution is 2.56. The zero-order chi connectivity index (χ0) is 52.7.